The van der Waals surface area contributed by atoms with Crippen molar-refractivity contribution < 1.29 is 43.2 Å². The van der Waals surface area contributed by atoms with E-state index >= 15 is 0 Å². The van der Waals surface area contributed by atoms with Gasteiger partial charge in [-0.05, 0) is 87.1 Å². The van der Waals surface area contributed by atoms with Gasteiger partial charge in [-0.2, -0.15) is 0 Å². The van der Waals surface area contributed by atoms with E-state index in [1.807, 2.05) is 53.7 Å². The summed E-state index contributed by atoms with van der Waals surface area (Å²) in [5, 5.41) is 15.1. The first-order chi connectivity index (χ1) is 21.9. The SMILES string of the molecule is CC[C@H]1OC(=O)C(C)C(=O)[C@H](C)[C@@H](OC2OC(CN(C)CC)CC(N(C)C)C2O)[C@](C)(OC)C[C@@H](C)CN[C@H](C)[C@H]2CC(=O)O[C@@]21C. The maximum atomic E-state index is 14.2. The number of ketones is 1. The number of carbonyl (C=O) groups excluding carboxylic acids is 3. The van der Waals surface area contributed by atoms with Crippen LogP contribution in [0, 0.1) is 23.7 Å². The fourth-order valence-corrected chi connectivity index (χ4v) is 7.91. The molecule has 2 N–H and O–H groups in total. The van der Waals surface area contributed by atoms with Gasteiger partial charge in [-0.25, -0.2) is 0 Å². The van der Waals surface area contributed by atoms with E-state index in [-0.39, 0.29) is 48.2 Å². The average Bonchev–Trinajstić information content (AvgIpc) is 3.34. The van der Waals surface area contributed by atoms with Crippen molar-refractivity contribution in [2.45, 2.75) is 135 Å². The third-order valence-corrected chi connectivity index (χ3v) is 11.1. The van der Waals surface area contributed by atoms with Gasteiger partial charge < -0.3 is 43.9 Å². The largest absolute Gasteiger partial charge is 0.458 e. The summed E-state index contributed by atoms with van der Waals surface area (Å²) in [6.45, 7) is 17.2. The zero-order chi connectivity index (χ0) is 35.4. The van der Waals surface area contributed by atoms with Crippen LogP contribution in [0.15, 0.2) is 0 Å². The van der Waals surface area contributed by atoms with Crippen LogP contribution in [0.3, 0.4) is 0 Å². The van der Waals surface area contributed by atoms with Crippen molar-refractivity contribution in [3.8, 4) is 0 Å². The van der Waals surface area contributed by atoms with Crippen molar-refractivity contribution in [3.05, 3.63) is 0 Å². The molecule has 0 spiro atoms. The summed E-state index contributed by atoms with van der Waals surface area (Å²) in [7, 11) is 7.47. The van der Waals surface area contributed by atoms with E-state index in [1.54, 1.807) is 21.0 Å². The van der Waals surface area contributed by atoms with Crippen molar-refractivity contribution in [2.24, 2.45) is 23.7 Å². The van der Waals surface area contributed by atoms with Crippen LogP contribution in [0.1, 0.15) is 81.1 Å². The van der Waals surface area contributed by atoms with Gasteiger partial charge >= 0.3 is 11.9 Å². The molecule has 0 aromatic carbocycles. The number of nitrogens with zero attached hydrogens (tertiary/aromatic N) is 2. The number of rotatable bonds is 8. The van der Waals surface area contributed by atoms with Gasteiger partial charge in [-0.3, -0.25) is 14.4 Å². The van der Waals surface area contributed by atoms with Gasteiger partial charge in [0.2, 0.25) is 0 Å². The van der Waals surface area contributed by atoms with Crippen LogP contribution < -0.4 is 5.32 Å². The molecular weight excluding hydrogens is 606 g/mol. The molecule has 0 aliphatic carbocycles. The van der Waals surface area contributed by atoms with Crippen molar-refractivity contribution in [3.63, 3.8) is 0 Å². The molecule has 5 unspecified atom stereocenters. The summed E-state index contributed by atoms with van der Waals surface area (Å²) in [5.74, 6) is -3.51. The van der Waals surface area contributed by atoms with E-state index < -0.39 is 53.6 Å². The maximum absolute atomic E-state index is 14.2. The van der Waals surface area contributed by atoms with Crippen LogP contribution in [0.2, 0.25) is 0 Å². The fraction of sp³-hybridized carbons (Fsp3) is 0.914. The number of likely N-dealkylation sites (N-methyl/N-ethyl adjacent to an activating group) is 2. The topological polar surface area (TPSA) is 136 Å². The number of esters is 2. The lowest BCUT2D eigenvalue weighted by Gasteiger charge is -2.47. The zero-order valence-electron chi connectivity index (χ0n) is 30.9. The highest BCUT2D eigenvalue weighted by Gasteiger charge is 2.55. The molecular formula is C35H63N3O9. The van der Waals surface area contributed by atoms with Gasteiger partial charge in [0.25, 0.3) is 0 Å². The number of cyclic esters (lactones) is 1. The molecule has 3 rings (SSSR count). The first-order valence-corrected chi connectivity index (χ1v) is 17.5. The molecule has 3 fully saturated rings. The zero-order valence-corrected chi connectivity index (χ0v) is 30.9. The molecule has 12 heteroatoms. The highest BCUT2D eigenvalue weighted by molar-refractivity contribution is 6.00. The summed E-state index contributed by atoms with van der Waals surface area (Å²) < 4.78 is 31.3. The second-order valence-corrected chi connectivity index (χ2v) is 15.0. The van der Waals surface area contributed by atoms with Gasteiger partial charge in [0.05, 0.1) is 24.2 Å². The summed E-state index contributed by atoms with van der Waals surface area (Å²) in [4.78, 5) is 44.6. The smallest absolute Gasteiger partial charge is 0.316 e. The number of carbonyl (C=O) groups is 3. The van der Waals surface area contributed by atoms with Crippen molar-refractivity contribution in [1.82, 2.24) is 15.1 Å². The van der Waals surface area contributed by atoms with E-state index in [2.05, 4.69) is 24.1 Å². The predicted octanol–water partition coefficient (Wildman–Crippen LogP) is 2.64. The second-order valence-electron chi connectivity index (χ2n) is 15.0. The van der Waals surface area contributed by atoms with Crippen LogP contribution in [0.5, 0.6) is 0 Å². The molecule has 13 atom stereocenters. The van der Waals surface area contributed by atoms with E-state index in [9.17, 15) is 19.5 Å². The Labute approximate surface area is 282 Å². The van der Waals surface area contributed by atoms with E-state index in [4.69, 9.17) is 23.7 Å². The summed E-state index contributed by atoms with van der Waals surface area (Å²) in [5.41, 5.74) is -2.04. The Morgan fingerprint density at radius 3 is 2.30 bits per heavy atom. The van der Waals surface area contributed by atoms with Crippen molar-refractivity contribution in [2.75, 3.05) is 47.9 Å². The Bertz CT molecular complexity index is 1080. The number of aliphatic hydroxyl groups is 1. The number of nitrogens with one attached hydrogen (secondary N) is 1. The molecule has 47 heavy (non-hydrogen) atoms. The predicted molar refractivity (Wildman–Crippen MR) is 178 cm³/mol. The van der Waals surface area contributed by atoms with E-state index in [1.165, 1.54) is 0 Å². The normalized spacial score (nSPS) is 42.9. The van der Waals surface area contributed by atoms with Crippen LogP contribution in [0.25, 0.3) is 0 Å². The van der Waals surface area contributed by atoms with Gasteiger partial charge in [0, 0.05) is 37.6 Å². The Balaban J connectivity index is 2.03. The van der Waals surface area contributed by atoms with Crippen LogP contribution in [-0.2, 0) is 38.1 Å². The lowest BCUT2D eigenvalue weighted by Crippen LogP contribution is -2.60. The molecule has 3 heterocycles. The first kappa shape index (κ1) is 39.8. The molecule has 12 nitrogen and oxygen atoms in total. The summed E-state index contributed by atoms with van der Waals surface area (Å²) >= 11 is 0. The number of hydrogen-bond acceptors (Lipinski definition) is 12. The minimum Gasteiger partial charge on any atom is -0.458 e. The van der Waals surface area contributed by atoms with Crippen LogP contribution in [-0.4, -0.2) is 135 Å². The minimum absolute atomic E-state index is 0.0557. The first-order valence-electron chi connectivity index (χ1n) is 17.5. The standard InChI is InChI=1S/C35H63N3O9/c1-13-27-35(8)25(16-28(39)47-35)23(6)36-18-20(3)17-34(7,43-12)31(21(4)29(40)22(5)32(42)45-27)46-33-30(41)26(37(9)10)15-24(44-33)19-38(11)14-2/h20-27,30-31,33,36,41H,13-19H2,1-12H3/t20-,21+,22?,23-,24?,25-,26?,27-,30?,31-,33?,34-,35+/m1/s1. The molecule has 0 saturated carbocycles. The minimum atomic E-state index is -1.12. The third-order valence-electron chi connectivity index (χ3n) is 11.1. The molecule has 3 aliphatic rings. The molecule has 0 bridgehead atoms. The average molecular weight is 670 g/mol. The molecule has 3 saturated heterocycles. The Morgan fingerprint density at radius 1 is 1.06 bits per heavy atom. The monoisotopic (exact) mass is 669 g/mol. The molecule has 0 amide bonds. The van der Waals surface area contributed by atoms with Gasteiger partial charge in [0.15, 0.2) is 17.7 Å². The molecule has 272 valence electrons. The number of Topliss-reactive ketones (excluding diaryl/α,β-unsaturated/α-hetero) is 1. The summed E-state index contributed by atoms with van der Waals surface area (Å²) in [6, 6.07) is -0.358. The van der Waals surface area contributed by atoms with Gasteiger partial charge in [-0.1, -0.05) is 27.7 Å². The number of ether oxygens (including phenoxy) is 5. The lowest BCUT2D eigenvalue weighted by atomic mass is 9.78. The fourth-order valence-electron chi connectivity index (χ4n) is 7.91. The Kier molecular flexibility index (Phi) is 13.8. The third kappa shape index (κ3) is 8.93. The van der Waals surface area contributed by atoms with Crippen molar-refractivity contribution in [1.29, 1.82) is 0 Å². The molecule has 3 aliphatic heterocycles. The summed E-state index contributed by atoms with van der Waals surface area (Å²) in [6.07, 6.45) is -2.08. The molecule has 0 radical (unpaired) electrons. The van der Waals surface area contributed by atoms with Gasteiger partial charge in [-0.15, -0.1) is 0 Å². The highest BCUT2D eigenvalue weighted by Crippen LogP contribution is 2.42. The van der Waals surface area contributed by atoms with Crippen molar-refractivity contribution >= 4 is 17.7 Å². The van der Waals surface area contributed by atoms with E-state index in [0.717, 1.165) is 6.54 Å². The molecule has 0 aromatic rings. The van der Waals surface area contributed by atoms with E-state index in [0.29, 0.717) is 32.4 Å². The molecule has 0 aromatic heterocycles. The highest BCUT2D eigenvalue weighted by atomic mass is 16.7. The van der Waals surface area contributed by atoms with Crippen LogP contribution in [0.4, 0.5) is 0 Å². The maximum Gasteiger partial charge on any atom is 0.316 e. The Morgan fingerprint density at radius 2 is 1.72 bits per heavy atom. The quantitative estimate of drug-likeness (QED) is 0.291. The van der Waals surface area contributed by atoms with Gasteiger partial charge in [0.1, 0.15) is 18.1 Å². The lowest BCUT2D eigenvalue weighted by molar-refractivity contribution is -0.298. The number of fused-ring (bicyclic) bond motifs is 1. The number of hydrogen-bond donors (Lipinski definition) is 2. The van der Waals surface area contributed by atoms with Crippen LogP contribution >= 0.6 is 0 Å². The number of aliphatic hydroxyl groups excluding tert-OH is 1. The number of methoxy groups -OCH3 is 1. The Hall–Kier alpha value is -1.67. The second kappa shape index (κ2) is 16.4.